The van der Waals surface area contributed by atoms with Crippen LogP contribution >= 0.6 is 0 Å². The Morgan fingerprint density at radius 3 is 1.10 bits per heavy atom. The van der Waals surface area contributed by atoms with Gasteiger partial charge in [0.1, 0.15) is 0 Å². The van der Waals surface area contributed by atoms with E-state index in [-0.39, 0.29) is 19.8 Å². The molecule has 0 aliphatic carbocycles. The number of rotatable bonds is 19. The molecule has 3 rings (SSSR count). The van der Waals surface area contributed by atoms with E-state index in [2.05, 4.69) is 21.6 Å². The predicted molar refractivity (Wildman–Crippen MR) is 145 cm³/mol. The van der Waals surface area contributed by atoms with Gasteiger partial charge in [-0.25, -0.2) is 0 Å². The summed E-state index contributed by atoms with van der Waals surface area (Å²) in [6.07, 6.45) is -1.05. The lowest BCUT2D eigenvalue weighted by atomic mass is 9.88. The van der Waals surface area contributed by atoms with Gasteiger partial charge in [-0.15, -0.1) is 0 Å². The Bertz CT molecular complexity index is 538. The molecule has 0 amide bonds. The molecule has 3 saturated heterocycles. The Labute approximate surface area is 234 Å². The van der Waals surface area contributed by atoms with Gasteiger partial charge in [0.25, 0.3) is 0 Å². The highest BCUT2D eigenvalue weighted by Crippen LogP contribution is 2.25. The lowest BCUT2D eigenvalue weighted by Gasteiger charge is -2.34. The van der Waals surface area contributed by atoms with Gasteiger partial charge in [0.2, 0.25) is 0 Å². The van der Waals surface area contributed by atoms with Gasteiger partial charge in [0.05, 0.1) is 97.6 Å². The maximum absolute atomic E-state index is 10.5. The predicted octanol–water partition coefficient (Wildman–Crippen LogP) is -1.49. The molecule has 230 valence electrons. The van der Waals surface area contributed by atoms with Crippen LogP contribution in [0.3, 0.4) is 0 Å². The minimum Gasteiger partial charge on any atom is -0.389 e. The molecule has 3 N–H and O–H groups in total. The molecule has 0 aromatic rings. The second-order valence-electron chi connectivity index (χ2n) is 11.1. The van der Waals surface area contributed by atoms with E-state index >= 15 is 0 Å². The second-order valence-corrected chi connectivity index (χ2v) is 11.1. The Balaban J connectivity index is 1.44. The average molecular weight is 564 g/mol. The molecule has 12 heteroatoms. The number of morpholine rings is 3. The molecule has 3 fully saturated rings. The fourth-order valence-corrected chi connectivity index (χ4v) is 5.07. The number of aliphatic hydroxyl groups is 3. The Hall–Kier alpha value is -0.480. The molecule has 12 nitrogen and oxygen atoms in total. The molecule has 0 radical (unpaired) electrons. The fourth-order valence-electron chi connectivity index (χ4n) is 5.07. The number of ether oxygens (including phenoxy) is 6. The van der Waals surface area contributed by atoms with E-state index in [1.54, 1.807) is 0 Å². The van der Waals surface area contributed by atoms with Crippen LogP contribution in [0.4, 0.5) is 0 Å². The summed E-state index contributed by atoms with van der Waals surface area (Å²) in [6.45, 7) is 14.5. The molecule has 0 spiro atoms. The molecule has 3 heterocycles. The van der Waals surface area contributed by atoms with E-state index in [0.717, 1.165) is 45.7 Å². The van der Waals surface area contributed by atoms with Gasteiger partial charge in [0, 0.05) is 64.3 Å². The van der Waals surface area contributed by atoms with Crippen LogP contribution in [-0.4, -0.2) is 187 Å². The number of hydrogen-bond donors (Lipinski definition) is 3. The third-order valence-corrected chi connectivity index (χ3v) is 7.62. The molecular weight excluding hydrogens is 510 g/mol. The normalized spacial score (nSPS) is 24.3. The number of β-amino-alcohol motifs (C(OH)–C–C–N with tert-alkyl or cyclic N) is 3. The van der Waals surface area contributed by atoms with Crippen molar-refractivity contribution in [3.05, 3.63) is 0 Å². The molecular formula is C27H53N3O9. The summed E-state index contributed by atoms with van der Waals surface area (Å²) in [7, 11) is 0. The largest absolute Gasteiger partial charge is 0.389 e. The van der Waals surface area contributed by atoms with Crippen LogP contribution in [0.5, 0.6) is 0 Å². The summed E-state index contributed by atoms with van der Waals surface area (Å²) in [5, 5.41) is 31.6. The van der Waals surface area contributed by atoms with Gasteiger partial charge < -0.3 is 43.7 Å². The minimum atomic E-state index is -0.592. The van der Waals surface area contributed by atoms with E-state index in [9.17, 15) is 15.3 Å². The average Bonchev–Trinajstić information content (AvgIpc) is 2.94. The molecule has 3 atom stereocenters. The monoisotopic (exact) mass is 563 g/mol. The van der Waals surface area contributed by atoms with Crippen molar-refractivity contribution in [3.63, 3.8) is 0 Å². The summed E-state index contributed by atoms with van der Waals surface area (Å²) in [5.74, 6) is 0. The summed E-state index contributed by atoms with van der Waals surface area (Å²) >= 11 is 0. The van der Waals surface area contributed by atoms with Gasteiger partial charge in [0.15, 0.2) is 0 Å². The van der Waals surface area contributed by atoms with Crippen LogP contribution < -0.4 is 0 Å². The van der Waals surface area contributed by atoms with Crippen molar-refractivity contribution in [1.29, 1.82) is 0 Å². The van der Waals surface area contributed by atoms with E-state index in [1.807, 2.05) is 0 Å². The highest BCUT2D eigenvalue weighted by Gasteiger charge is 2.31. The zero-order valence-electron chi connectivity index (χ0n) is 23.9. The zero-order valence-corrected chi connectivity index (χ0v) is 23.9. The standard InChI is InChI=1S/C27H53N3O9/c1-2-27(21-37-18-24(31)15-28-3-9-34-10-4-28,22-38-19-25(32)16-29-5-11-35-12-6-29)23-39-20-26(33)17-30-7-13-36-14-8-30/h24-26,31-33H,2-23H2,1H3/t24-,25?,26?,27?/m1/s1. The van der Waals surface area contributed by atoms with Crippen LogP contribution in [0.15, 0.2) is 0 Å². The molecule has 39 heavy (non-hydrogen) atoms. The highest BCUT2D eigenvalue weighted by atomic mass is 16.5. The minimum absolute atomic E-state index is 0.221. The molecule has 0 saturated carbocycles. The molecule has 0 bridgehead atoms. The van der Waals surface area contributed by atoms with Crippen molar-refractivity contribution in [2.24, 2.45) is 5.41 Å². The van der Waals surface area contributed by atoms with Crippen LogP contribution in [0, 0.1) is 5.41 Å². The Morgan fingerprint density at radius 2 is 0.846 bits per heavy atom. The quantitative estimate of drug-likeness (QED) is 0.170. The van der Waals surface area contributed by atoms with E-state index < -0.39 is 23.7 Å². The van der Waals surface area contributed by atoms with Gasteiger partial charge in [-0.1, -0.05) is 6.92 Å². The number of nitrogens with zero attached hydrogens (tertiary/aromatic N) is 3. The maximum Gasteiger partial charge on any atom is 0.0900 e. The van der Waals surface area contributed by atoms with Crippen LogP contribution in [0.2, 0.25) is 0 Å². The lowest BCUT2D eigenvalue weighted by molar-refractivity contribution is -0.106. The first-order valence-corrected chi connectivity index (χ1v) is 14.7. The summed E-state index contributed by atoms with van der Waals surface area (Å²) in [5.41, 5.74) is -0.462. The molecule has 3 aliphatic heterocycles. The third kappa shape index (κ3) is 13.4. The van der Waals surface area contributed by atoms with Crippen LogP contribution in [0.25, 0.3) is 0 Å². The van der Waals surface area contributed by atoms with Crippen LogP contribution in [0.1, 0.15) is 13.3 Å². The molecule has 2 unspecified atom stereocenters. The Kier molecular flexibility index (Phi) is 16.0. The van der Waals surface area contributed by atoms with E-state index in [0.29, 0.717) is 79.1 Å². The number of aliphatic hydroxyl groups excluding tert-OH is 3. The first-order chi connectivity index (χ1) is 19.0. The van der Waals surface area contributed by atoms with Crippen molar-refractivity contribution >= 4 is 0 Å². The first-order valence-electron chi connectivity index (χ1n) is 14.7. The van der Waals surface area contributed by atoms with Crippen molar-refractivity contribution in [1.82, 2.24) is 14.7 Å². The third-order valence-electron chi connectivity index (χ3n) is 7.62. The first kappa shape index (κ1) is 33.0. The molecule has 0 aromatic heterocycles. The Morgan fingerprint density at radius 1 is 0.564 bits per heavy atom. The van der Waals surface area contributed by atoms with Gasteiger partial charge in [-0.2, -0.15) is 0 Å². The zero-order chi connectivity index (χ0) is 27.8. The molecule has 3 aliphatic rings. The van der Waals surface area contributed by atoms with Crippen LogP contribution in [-0.2, 0) is 28.4 Å². The van der Waals surface area contributed by atoms with Gasteiger partial charge in [-0.3, -0.25) is 14.7 Å². The van der Waals surface area contributed by atoms with E-state index in [4.69, 9.17) is 28.4 Å². The fraction of sp³-hybridized carbons (Fsp3) is 1.00. The number of hydrogen-bond acceptors (Lipinski definition) is 12. The summed E-state index contributed by atoms with van der Waals surface area (Å²) < 4.78 is 34.2. The summed E-state index contributed by atoms with van der Waals surface area (Å²) in [4.78, 5) is 6.55. The van der Waals surface area contributed by atoms with Gasteiger partial charge >= 0.3 is 0 Å². The molecule has 0 aromatic carbocycles. The lowest BCUT2D eigenvalue weighted by Crippen LogP contribution is -2.44. The highest BCUT2D eigenvalue weighted by molar-refractivity contribution is 4.80. The van der Waals surface area contributed by atoms with Crippen molar-refractivity contribution in [3.8, 4) is 0 Å². The van der Waals surface area contributed by atoms with Crippen molar-refractivity contribution in [2.45, 2.75) is 31.7 Å². The van der Waals surface area contributed by atoms with Crippen molar-refractivity contribution < 1.29 is 43.7 Å². The second kappa shape index (κ2) is 18.9. The maximum atomic E-state index is 10.5. The summed E-state index contributed by atoms with van der Waals surface area (Å²) in [6, 6.07) is 0. The smallest absolute Gasteiger partial charge is 0.0900 e. The SMILES string of the molecule is CCC(COCC(O)CN1CCOCC1)(COCC(O)CN1CCOCC1)COC[C@H](O)CN1CCOCC1. The topological polar surface area (TPSA) is 126 Å². The van der Waals surface area contributed by atoms with E-state index in [1.165, 1.54) is 0 Å². The van der Waals surface area contributed by atoms with Gasteiger partial charge in [-0.05, 0) is 6.42 Å². The van der Waals surface area contributed by atoms with Crippen molar-refractivity contribution in [2.75, 3.05) is 138 Å².